The molecule has 0 aliphatic carbocycles. The molecule has 0 spiro atoms. The average molecular weight is 401 g/mol. The fourth-order valence-corrected chi connectivity index (χ4v) is 3.39. The van der Waals surface area contributed by atoms with E-state index >= 15 is 0 Å². The van der Waals surface area contributed by atoms with Gasteiger partial charge >= 0.3 is 5.97 Å². The van der Waals surface area contributed by atoms with Gasteiger partial charge < -0.3 is 10.4 Å². The van der Waals surface area contributed by atoms with Gasteiger partial charge in [0.15, 0.2) is 0 Å². The molecule has 5 nitrogen and oxygen atoms in total. The Labute approximate surface area is 165 Å². The lowest BCUT2D eigenvalue weighted by atomic mass is 10.00. The second kappa shape index (κ2) is 7.78. The van der Waals surface area contributed by atoms with Crippen molar-refractivity contribution in [2.75, 3.05) is 5.32 Å². The number of halogens is 2. The molecule has 1 heterocycles. The molecule has 2 aromatic carbocycles. The van der Waals surface area contributed by atoms with Gasteiger partial charge in [0.25, 0.3) is 5.91 Å². The molecule has 0 atom stereocenters. The number of carbonyl (C=O) groups is 2. The minimum Gasteiger partial charge on any atom is -0.481 e. The zero-order valence-electron chi connectivity index (χ0n) is 14.0. The summed E-state index contributed by atoms with van der Waals surface area (Å²) in [5.41, 5.74) is 2.26. The van der Waals surface area contributed by atoms with Crippen molar-refractivity contribution < 1.29 is 14.7 Å². The average Bonchev–Trinajstić information content (AvgIpc) is 2.62. The number of anilines is 1. The van der Waals surface area contributed by atoms with Gasteiger partial charge in [-0.15, -0.1) is 0 Å². The number of rotatable bonds is 5. The summed E-state index contributed by atoms with van der Waals surface area (Å²) >= 11 is 12.2. The minimum atomic E-state index is -0.970. The van der Waals surface area contributed by atoms with Crippen LogP contribution in [0.3, 0.4) is 0 Å². The van der Waals surface area contributed by atoms with Gasteiger partial charge in [0.2, 0.25) is 0 Å². The van der Waals surface area contributed by atoms with Crippen LogP contribution in [-0.2, 0) is 11.2 Å². The second-order valence-electron chi connectivity index (χ2n) is 5.72. The number of aromatic nitrogens is 1. The van der Waals surface area contributed by atoms with Gasteiger partial charge in [0.05, 0.1) is 33.2 Å². The van der Waals surface area contributed by atoms with E-state index in [0.29, 0.717) is 27.7 Å². The first kappa shape index (κ1) is 18.9. The van der Waals surface area contributed by atoms with E-state index in [0.717, 1.165) is 0 Å². The number of carboxylic acid groups (broad SMARTS) is 1. The highest BCUT2D eigenvalue weighted by atomic mass is 35.5. The first-order valence-electron chi connectivity index (χ1n) is 7.92. The molecule has 0 saturated carbocycles. The van der Waals surface area contributed by atoms with E-state index in [1.54, 1.807) is 42.5 Å². The molecular weight excluding hydrogens is 387 g/mol. The van der Waals surface area contributed by atoms with E-state index in [-0.39, 0.29) is 22.0 Å². The van der Waals surface area contributed by atoms with Crippen molar-refractivity contribution in [1.82, 2.24) is 4.98 Å². The predicted molar refractivity (Wildman–Crippen MR) is 108 cm³/mol. The number of nitrogens with one attached hydrogen (secondary N) is 1. The highest BCUT2D eigenvalue weighted by Gasteiger charge is 2.17. The van der Waals surface area contributed by atoms with Gasteiger partial charge in [-0.05, 0) is 29.3 Å². The van der Waals surface area contributed by atoms with E-state index in [1.807, 2.05) is 0 Å². The minimum absolute atomic E-state index is 0.159. The Balaban J connectivity index is 2.09. The lowest BCUT2D eigenvalue weighted by Gasteiger charge is -2.13. The maximum Gasteiger partial charge on any atom is 0.307 e. The second-order valence-corrected chi connectivity index (χ2v) is 6.53. The fourth-order valence-electron chi connectivity index (χ4n) is 2.82. The maximum absolute atomic E-state index is 12.7. The predicted octanol–water partition coefficient (Wildman–Crippen LogP) is 5.06. The van der Waals surface area contributed by atoms with Crippen molar-refractivity contribution in [3.63, 3.8) is 0 Å². The van der Waals surface area contributed by atoms with Crippen LogP contribution >= 0.6 is 23.2 Å². The number of hydrogen-bond donors (Lipinski definition) is 2. The van der Waals surface area contributed by atoms with Crippen LogP contribution in [0.25, 0.3) is 17.0 Å². The summed E-state index contributed by atoms with van der Waals surface area (Å²) in [5.74, 6) is -1.45. The molecule has 1 aromatic heterocycles. The summed E-state index contributed by atoms with van der Waals surface area (Å²) < 4.78 is 0. The molecule has 27 heavy (non-hydrogen) atoms. The van der Waals surface area contributed by atoms with Crippen molar-refractivity contribution >= 4 is 57.7 Å². The molecule has 3 aromatic rings. The molecule has 0 saturated heterocycles. The Kier molecular flexibility index (Phi) is 5.44. The van der Waals surface area contributed by atoms with E-state index in [2.05, 4.69) is 16.9 Å². The number of hydrogen-bond acceptors (Lipinski definition) is 3. The SMILES string of the molecule is C=Cc1cnc2c(NC(=O)c3c(Cl)cccc3Cl)cccc2c1CC(=O)O. The van der Waals surface area contributed by atoms with Gasteiger partial charge in [-0.1, -0.05) is 54.1 Å². The monoisotopic (exact) mass is 400 g/mol. The van der Waals surface area contributed by atoms with Crippen molar-refractivity contribution in [1.29, 1.82) is 0 Å². The molecule has 0 fully saturated rings. The van der Waals surface area contributed by atoms with Crippen molar-refractivity contribution in [3.05, 3.63) is 75.9 Å². The molecule has 2 N–H and O–H groups in total. The summed E-state index contributed by atoms with van der Waals surface area (Å²) in [6, 6.07) is 9.94. The van der Waals surface area contributed by atoms with E-state index in [1.165, 1.54) is 6.20 Å². The van der Waals surface area contributed by atoms with E-state index in [9.17, 15) is 14.7 Å². The zero-order valence-corrected chi connectivity index (χ0v) is 15.5. The maximum atomic E-state index is 12.7. The number of fused-ring (bicyclic) bond motifs is 1. The number of nitrogens with zero attached hydrogens (tertiary/aromatic N) is 1. The first-order valence-corrected chi connectivity index (χ1v) is 8.68. The Hall–Kier alpha value is -2.89. The van der Waals surface area contributed by atoms with Crippen LogP contribution in [0.4, 0.5) is 5.69 Å². The zero-order chi connectivity index (χ0) is 19.6. The summed E-state index contributed by atoms with van der Waals surface area (Å²) in [5, 5.41) is 13.1. The van der Waals surface area contributed by atoms with Crippen molar-refractivity contribution in [3.8, 4) is 0 Å². The Bertz CT molecular complexity index is 1060. The van der Waals surface area contributed by atoms with Crippen LogP contribution in [0.15, 0.2) is 49.2 Å². The lowest BCUT2D eigenvalue weighted by molar-refractivity contribution is -0.136. The standard InChI is InChI=1S/C20H14Cl2N2O3/c1-2-11-10-23-19-12(13(11)9-17(25)26)5-3-8-16(19)24-20(27)18-14(21)6-4-7-15(18)22/h2-8,10H,1,9H2,(H,24,27)(H,25,26). The largest absolute Gasteiger partial charge is 0.481 e. The molecule has 0 bridgehead atoms. The third-order valence-corrected chi connectivity index (χ3v) is 4.66. The summed E-state index contributed by atoms with van der Waals surface area (Å²) in [7, 11) is 0. The lowest BCUT2D eigenvalue weighted by Crippen LogP contribution is -2.14. The summed E-state index contributed by atoms with van der Waals surface area (Å²) in [6.45, 7) is 3.70. The van der Waals surface area contributed by atoms with Crippen LogP contribution in [-0.4, -0.2) is 22.0 Å². The van der Waals surface area contributed by atoms with Crippen LogP contribution in [0.5, 0.6) is 0 Å². The van der Waals surface area contributed by atoms with E-state index < -0.39 is 11.9 Å². The molecule has 7 heteroatoms. The number of pyridine rings is 1. The third-order valence-electron chi connectivity index (χ3n) is 4.03. The number of benzene rings is 2. The summed E-state index contributed by atoms with van der Waals surface area (Å²) in [4.78, 5) is 28.3. The number of carboxylic acids is 1. The third kappa shape index (κ3) is 3.79. The molecule has 0 aliphatic heterocycles. The molecule has 0 radical (unpaired) electrons. The van der Waals surface area contributed by atoms with E-state index in [4.69, 9.17) is 23.2 Å². The molecule has 0 aliphatic rings. The quantitative estimate of drug-likeness (QED) is 0.626. The van der Waals surface area contributed by atoms with Gasteiger partial charge in [-0.3, -0.25) is 14.6 Å². The van der Waals surface area contributed by atoms with Gasteiger partial charge in [-0.25, -0.2) is 0 Å². The number of carbonyl (C=O) groups excluding carboxylic acids is 1. The van der Waals surface area contributed by atoms with Crippen molar-refractivity contribution in [2.45, 2.75) is 6.42 Å². The van der Waals surface area contributed by atoms with Gasteiger partial charge in [0.1, 0.15) is 0 Å². The summed E-state index contributed by atoms with van der Waals surface area (Å²) in [6.07, 6.45) is 2.90. The van der Waals surface area contributed by atoms with Gasteiger partial charge in [-0.2, -0.15) is 0 Å². The fraction of sp³-hybridized carbons (Fsp3) is 0.0500. The van der Waals surface area contributed by atoms with Crippen LogP contribution < -0.4 is 5.32 Å². The Morgan fingerprint density at radius 1 is 1.15 bits per heavy atom. The van der Waals surface area contributed by atoms with Crippen LogP contribution in [0, 0.1) is 0 Å². The number of aliphatic carboxylic acids is 1. The molecule has 136 valence electrons. The Morgan fingerprint density at radius 2 is 1.81 bits per heavy atom. The van der Waals surface area contributed by atoms with Crippen molar-refractivity contribution in [2.24, 2.45) is 0 Å². The normalized spacial score (nSPS) is 10.6. The molecule has 3 rings (SSSR count). The highest BCUT2D eigenvalue weighted by molar-refractivity contribution is 6.40. The van der Waals surface area contributed by atoms with Crippen LogP contribution in [0.2, 0.25) is 10.0 Å². The topological polar surface area (TPSA) is 79.3 Å². The number of amides is 1. The molecule has 1 amide bonds. The molecular formula is C20H14Cl2N2O3. The van der Waals surface area contributed by atoms with Gasteiger partial charge in [0, 0.05) is 11.6 Å². The van der Waals surface area contributed by atoms with Crippen LogP contribution in [0.1, 0.15) is 21.5 Å². The highest BCUT2D eigenvalue weighted by Crippen LogP contribution is 2.30. The Morgan fingerprint density at radius 3 is 2.44 bits per heavy atom. The number of para-hydroxylation sites is 1. The molecule has 0 unspecified atom stereocenters. The first-order chi connectivity index (χ1) is 12.9. The smallest absolute Gasteiger partial charge is 0.307 e.